The molecule has 0 aliphatic carbocycles. The van der Waals surface area contributed by atoms with Crippen LogP contribution in [0.5, 0.6) is 0 Å². The predicted molar refractivity (Wildman–Crippen MR) is 99.6 cm³/mol. The molecule has 0 fully saturated rings. The Balaban J connectivity index is 2.19. The van der Waals surface area contributed by atoms with Crippen molar-refractivity contribution in [2.24, 2.45) is 5.92 Å². The summed E-state index contributed by atoms with van der Waals surface area (Å²) in [6.45, 7) is 4.95. The summed E-state index contributed by atoms with van der Waals surface area (Å²) < 4.78 is 4.81. The second-order valence-electron chi connectivity index (χ2n) is 6.56. The van der Waals surface area contributed by atoms with Crippen molar-refractivity contribution in [1.29, 1.82) is 0 Å². The van der Waals surface area contributed by atoms with Crippen LogP contribution >= 0.6 is 0 Å². The summed E-state index contributed by atoms with van der Waals surface area (Å²) in [5.41, 5.74) is 1.98. The lowest BCUT2D eigenvalue weighted by atomic mass is 10.0. The average Bonchev–Trinajstić information content (AvgIpc) is 2.64. The number of hydrogen-bond donors (Lipinski definition) is 2. The number of benzene rings is 1. The van der Waals surface area contributed by atoms with Crippen molar-refractivity contribution in [2.75, 3.05) is 7.11 Å². The van der Waals surface area contributed by atoms with Crippen LogP contribution in [0.1, 0.15) is 26.5 Å². The van der Waals surface area contributed by atoms with Gasteiger partial charge in [-0.15, -0.1) is 0 Å². The molecule has 2 rings (SSSR count). The van der Waals surface area contributed by atoms with E-state index in [1.165, 1.54) is 14.0 Å². The zero-order chi connectivity index (χ0) is 20.0. The van der Waals surface area contributed by atoms with Crippen LogP contribution in [0.15, 0.2) is 30.5 Å². The molecule has 144 valence electrons. The van der Waals surface area contributed by atoms with Crippen molar-refractivity contribution in [2.45, 2.75) is 39.3 Å². The maximum absolute atomic E-state index is 12.6. The van der Waals surface area contributed by atoms with E-state index in [2.05, 4.69) is 20.6 Å². The summed E-state index contributed by atoms with van der Waals surface area (Å²) in [4.78, 5) is 44.9. The number of methoxy groups -OCH3 is 1. The Bertz CT molecular complexity index is 837. The van der Waals surface area contributed by atoms with Gasteiger partial charge in [-0.3, -0.25) is 14.6 Å². The van der Waals surface area contributed by atoms with Gasteiger partial charge in [-0.05, 0) is 18.1 Å². The topological polar surface area (TPSA) is 110 Å². The van der Waals surface area contributed by atoms with E-state index in [1.54, 1.807) is 6.20 Å². The van der Waals surface area contributed by atoms with Crippen molar-refractivity contribution >= 4 is 28.8 Å². The Morgan fingerprint density at radius 2 is 1.78 bits per heavy atom. The molecule has 2 atom stereocenters. The second-order valence-corrected chi connectivity index (χ2v) is 6.56. The van der Waals surface area contributed by atoms with Gasteiger partial charge in [-0.1, -0.05) is 26.0 Å². The van der Waals surface area contributed by atoms with E-state index >= 15 is 0 Å². The molecule has 0 radical (unpaired) electrons. The fraction of sp³-hybridized carbons (Fsp3) is 0.421. The lowest BCUT2D eigenvalue weighted by molar-refractivity contribution is -0.145. The van der Waals surface area contributed by atoms with Crippen LogP contribution in [0.25, 0.3) is 11.0 Å². The van der Waals surface area contributed by atoms with Crippen LogP contribution in [-0.4, -0.2) is 46.9 Å². The maximum Gasteiger partial charge on any atom is 0.328 e. The molecule has 2 aromatic rings. The number of carbonyl (C=O) groups is 3. The van der Waals surface area contributed by atoms with Gasteiger partial charge >= 0.3 is 5.97 Å². The predicted octanol–water partition coefficient (Wildman–Crippen LogP) is 0.991. The number of hydrogen-bond acceptors (Lipinski definition) is 6. The van der Waals surface area contributed by atoms with Gasteiger partial charge in [0.15, 0.2) is 0 Å². The number of esters is 1. The molecule has 1 aromatic heterocycles. The number of rotatable bonds is 7. The molecular formula is C19H24N4O4. The quantitative estimate of drug-likeness (QED) is 0.702. The first kappa shape index (κ1) is 20.3. The highest BCUT2D eigenvalue weighted by Crippen LogP contribution is 2.11. The van der Waals surface area contributed by atoms with E-state index in [0.29, 0.717) is 11.2 Å². The van der Waals surface area contributed by atoms with Gasteiger partial charge in [0.25, 0.3) is 0 Å². The summed E-state index contributed by atoms with van der Waals surface area (Å²) in [7, 11) is 1.25. The number of ether oxygens (including phenoxy) is 1. The highest BCUT2D eigenvalue weighted by molar-refractivity contribution is 5.90. The summed E-state index contributed by atoms with van der Waals surface area (Å²) in [6, 6.07) is 5.68. The van der Waals surface area contributed by atoms with E-state index in [-0.39, 0.29) is 18.2 Å². The first-order valence-corrected chi connectivity index (χ1v) is 8.67. The maximum atomic E-state index is 12.6. The zero-order valence-electron chi connectivity index (χ0n) is 15.9. The molecule has 2 N–H and O–H groups in total. The number of fused-ring (bicyclic) bond motifs is 1. The fourth-order valence-corrected chi connectivity index (χ4v) is 2.65. The monoisotopic (exact) mass is 372 g/mol. The van der Waals surface area contributed by atoms with Crippen molar-refractivity contribution in [1.82, 2.24) is 20.6 Å². The Hall–Kier alpha value is -3.03. The van der Waals surface area contributed by atoms with E-state index in [0.717, 1.165) is 5.52 Å². The van der Waals surface area contributed by atoms with E-state index in [9.17, 15) is 14.4 Å². The molecule has 27 heavy (non-hydrogen) atoms. The number of amides is 2. The minimum Gasteiger partial charge on any atom is -0.467 e. The van der Waals surface area contributed by atoms with E-state index < -0.39 is 24.0 Å². The molecular weight excluding hydrogens is 348 g/mol. The lowest BCUT2D eigenvalue weighted by Gasteiger charge is -2.24. The van der Waals surface area contributed by atoms with Crippen LogP contribution in [0.4, 0.5) is 0 Å². The van der Waals surface area contributed by atoms with E-state index in [1.807, 2.05) is 38.1 Å². The third-order valence-corrected chi connectivity index (χ3v) is 4.02. The summed E-state index contributed by atoms with van der Waals surface area (Å²) in [5.74, 6) is -1.51. The molecule has 1 heterocycles. The smallest absolute Gasteiger partial charge is 0.328 e. The van der Waals surface area contributed by atoms with Crippen LogP contribution in [0.2, 0.25) is 0 Å². The highest BCUT2D eigenvalue weighted by Gasteiger charge is 2.29. The number of nitrogens with zero attached hydrogens (tertiary/aromatic N) is 2. The van der Waals surface area contributed by atoms with Gasteiger partial charge in [0.1, 0.15) is 12.1 Å². The number of aromatic nitrogens is 2. The normalized spacial score (nSPS) is 13.1. The molecule has 0 spiro atoms. The number of para-hydroxylation sites is 2. The minimum atomic E-state index is -0.937. The van der Waals surface area contributed by atoms with Gasteiger partial charge in [0.05, 0.1) is 23.8 Å². The van der Waals surface area contributed by atoms with E-state index in [4.69, 9.17) is 4.74 Å². The average molecular weight is 372 g/mol. The van der Waals surface area contributed by atoms with Crippen molar-refractivity contribution in [3.63, 3.8) is 0 Å². The van der Waals surface area contributed by atoms with Crippen molar-refractivity contribution < 1.29 is 19.1 Å². The molecule has 0 saturated carbocycles. The molecule has 8 nitrogen and oxygen atoms in total. The Morgan fingerprint density at radius 3 is 2.37 bits per heavy atom. The SMILES string of the molecule is COC(=O)[C@@H](Cc1cnc2ccccc2n1)NC(=O)[C@H](NC(C)=O)C(C)C. The molecule has 0 bridgehead atoms. The standard InChI is InChI=1S/C19H24N4O4/c1-11(2)17(21-12(3)24)18(25)23-16(19(26)27-4)9-13-10-20-14-7-5-6-8-15(14)22-13/h5-8,10-11,16-17H,9H2,1-4H3,(H,21,24)(H,23,25)/t16-,17-/m1/s1. The second kappa shape index (κ2) is 9.07. The molecule has 1 aromatic carbocycles. The van der Waals surface area contributed by atoms with Crippen molar-refractivity contribution in [3.05, 3.63) is 36.2 Å². The van der Waals surface area contributed by atoms with Crippen LogP contribution in [-0.2, 0) is 25.5 Å². The van der Waals surface area contributed by atoms with Gasteiger partial charge in [0.2, 0.25) is 11.8 Å². The lowest BCUT2D eigenvalue weighted by Crippen LogP contribution is -2.54. The van der Waals surface area contributed by atoms with Gasteiger partial charge in [-0.2, -0.15) is 0 Å². The Kier molecular flexibility index (Phi) is 6.81. The third kappa shape index (κ3) is 5.47. The molecule has 0 saturated heterocycles. The van der Waals surface area contributed by atoms with Crippen molar-refractivity contribution in [3.8, 4) is 0 Å². The first-order valence-electron chi connectivity index (χ1n) is 8.67. The summed E-state index contributed by atoms with van der Waals surface area (Å²) in [6.07, 6.45) is 1.69. The van der Waals surface area contributed by atoms with Crippen LogP contribution in [0, 0.1) is 5.92 Å². The summed E-state index contributed by atoms with van der Waals surface area (Å²) >= 11 is 0. The summed E-state index contributed by atoms with van der Waals surface area (Å²) in [5, 5.41) is 5.25. The molecule has 8 heteroatoms. The van der Waals surface area contributed by atoms with Gasteiger partial charge in [0, 0.05) is 19.5 Å². The highest BCUT2D eigenvalue weighted by atomic mass is 16.5. The Labute approximate surface area is 157 Å². The molecule has 0 aliphatic rings. The fourth-order valence-electron chi connectivity index (χ4n) is 2.65. The third-order valence-electron chi connectivity index (χ3n) is 4.02. The number of carbonyl (C=O) groups excluding carboxylic acids is 3. The first-order chi connectivity index (χ1) is 12.8. The van der Waals surface area contributed by atoms with Gasteiger partial charge in [-0.25, -0.2) is 9.78 Å². The minimum absolute atomic E-state index is 0.126. The largest absolute Gasteiger partial charge is 0.467 e. The Morgan fingerprint density at radius 1 is 1.11 bits per heavy atom. The molecule has 0 aliphatic heterocycles. The van der Waals surface area contributed by atoms with Crippen LogP contribution in [0.3, 0.4) is 0 Å². The van der Waals surface area contributed by atoms with Crippen LogP contribution < -0.4 is 10.6 Å². The molecule has 0 unspecified atom stereocenters. The number of nitrogens with one attached hydrogen (secondary N) is 2. The zero-order valence-corrected chi connectivity index (χ0v) is 15.9. The molecule has 2 amide bonds. The van der Waals surface area contributed by atoms with Gasteiger partial charge < -0.3 is 15.4 Å².